The summed E-state index contributed by atoms with van der Waals surface area (Å²) in [6, 6.07) is 3.84. The maximum atomic E-state index is 10.9. The van der Waals surface area contributed by atoms with E-state index >= 15 is 0 Å². The van der Waals surface area contributed by atoms with E-state index in [2.05, 4.69) is 4.98 Å². The first-order valence-electron chi connectivity index (χ1n) is 6.23. The Morgan fingerprint density at radius 2 is 2.38 bits per heavy atom. The minimum Gasteiger partial charge on any atom is -0.303 e. The van der Waals surface area contributed by atoms with E-state index in [1.165, 1.54) is 0 Å². The number of carbonyl (C=O) groups excluding carboxylic acids is 1. The quantitative estimate of drug-likeness (QED) is 0.773. The summed E-state index contributed by atoms with van der Waals surface area (Å²) in [5.41, 5.74) is 1.01. The highest BCUT2D eigenvalue weighted by atomic mass is 32.2. The van der Waals surface area contributed by atoms with Crippen LogP contribution < -0.4 is 0 Å². The summed E-state index contributed by atoms with van der Waals surface area (Å²) in [5.74, 6) is 1.99. The lowest BCUT2D eigenvalue weighted by Gasteiger charge is -2.36. The van der Waals surface area contributed by atoms with Crippen molar-refractivity contribution in [2.45, 2.75) is 23.3 Å². The van der Waals surface area contributed by atoms with Gasteiger partial charge in [0.25, 0.3) is 0 Å². The third kappa shape index (κ3) is 2.61. The predicted molar refractivity (Wildman–Crippen MR) is 70.7 cm³/mol. The second-order valence-corrected chi connectivity index (χ2v) is 6.59. The molecular formula is C12H15NOS2. The third-order valence-electron chi connectivity index (χ3n) is 2.48. The number of thioether (sulfide) groups is 2. The van der Waals surface area contributed by atoms with Gasteiger partial charge in [-0.3, -0.25) is 4.98 Å². The van der Waals surface area contributed by atoms with Crippen LogP contribution in [-0.4, -0.2) is 22.8 Å². The standard InChI is InChI=1S/C12H15NOS2/c14-7-2-5-12(15-8-3-9-16-12)11-4-1-6-13-10-11/h1,4,6-7,10H,2-3,5,8-9H2/i2D2. The van der Waals surface area contributed by atoms with Gasteiger partial charge in [-0.05, 0) is 36.0 Å². The van der Waals surface area contributed by atoms with Crippen molar-refractivity contribution in [1.82, 2.24) is 4.98 Å². The summed E-state index contributed by atoms with van der Waals surface area (Å²) in [7, 11) is 0. The van der Waals surface area contributed by atoms with Gasteiger partial charge in [0.1, 0.15) is 6.29 Å². The van der Waals surface area contributed by atoms with Crippen LogP contribution in [0.2, 0.25) is 0 Å². The number of rotatable bonds is 4. The monoisotopic (exact) mass is 255 g/mol. The van der Waals surface area contributed by atoms with Crippen LogP contribution in [0.25, 0.3) is 0 Å². The van der Waals surface area contributed by atoms with Gasteiger partial charge in [-0.15, -0.1) is 23.5 Å². The van der Waals surface area contributed by atoms with Crippen molar-refractivity contribution in [3.8, 4) is 0 Å². The molecule has 0 spiro atoms. The smallest absolute Gasteiger partial charge is 0.120 e. The zero-order valence-electron chi connectivity index (χ0n) is 10.9. The van der Waals surface area contributed by atoms with E-state index in [0.717, 1.165) is 23.5 Å². The van der Waals surface area contributed by atoms with Crippen molar-refractivity contribution < 1.29 is 7.54 Å². The Labute approximate surface area is 107 Å². The molecule has 0 N–H and O–H groups in total. The molecule has 1 aromatic heterocycles. The zero-order chi connectivity index (χ0) is 13.1. The molecule has 86 valence electrons. The molecule has 2 heterocycles. The second kappa shape index (κ2) is 5.73. The van der Waals surface area contributed by atoms with E-state index in [4.69, 9.17) is 2.74 Å². The number of aromatic nitrogens is 1. The molecule has 0 bridgehead atoms. The molecule has 0 saturated carbocycles. The molecule has 0 atom stereocenters. The lowest BCUT2D eigenvalue weighted by atomic mass is 10.1. The molecule has 0 aliphatic carbocycles. The van der Waals surface area contributed by atoms with E-state index < -0.39 is 6.37 Å². The number of nitrogens with zero attached hydrogens (tertiary/aromatic N) is 1. The number of aldehydes is 1. The fraction of sp³-hybridized carbons (Fsp3) is 0.500. The maximum Gasteiger partial charge on any atom is 0.120 e. The number of pyridine rings is 1. The molecule has 2 rings (SSSR count). The first-order chi connectivity index (χ1) is 8.58. The van der Waals surface area contributed by atoms with E-state index in [9.17, 15) is 4.79 Å². The van der Waals surface area contributed by atoms with Crippen molar-refractivity contribution in [2.75, 3.05) is 11.5 Å². The number of hydrogen-bond donors (Lipinski definition) is 0. The number of hydrogen-bond acceptors (Lipinski definition) is 4. The van der Waals surface area contributed by atoms with Gasteiger partial charge in [0.2, 0.25) is 0 Å². The van der Waals surface area contributed by atoms with Crippen molar-refractivity contribution in [2.24, 2.45) is 0 Å². The molecule has 1 aliphatic heterocycles. The topological polar surface area (TPSA) is 30.0 Å². The van der Waals surface area contributed by atoms with Crippen LogP contribution in [0.5, 0.6) is 0 Å². The van der Waals surface area contributed by atoms with Gasteiger partial charge in [-0.1, -0.05) is 6.07 Å². The first kappa shape index (κ1) is 9.54. The molecule has 0 radical (unpaired) electrons. The molecule has 1 saturated heterocycles. The molecule has 1 aromatic rings. The van der Waals surface area contributed by atoms with Gasteiger partial charge in [-0.25, -0.2) is 0 Å². The van der Waals surface area contributed by atoms with E-state index in [1.54, 1.807) is 35.9 Å². The molecule has 16 heavy (non-hydrogen) atoms. The first-order valence-corrected chi connectivity index (χ1v) is 7.20. The highest BCUT2D eigenvalue weighted by Gasteiger charge is 2.35. The molecular weight excluding hydrogens is 238 g/mol. The van der Waals surface area contributed by atoms with Crippen LogP contribution in [0, 0.1) is 0 Å². The SMILES string of the molecule is [2H]C([2H])(C=O)CC1(c2cccnc2)SCCCS1. The maximum absolute atomic E-state index is 10.9. The van der Waals surface area contributed by atoms with Crippen molar-refractivity contribution in [3.63, 3.8) is 0 Å². The van der Waals surface area contributed by atoms with Gasteiger partial charge in [0.05, 0.1) is 4.08 Å². The molecule has 0 unspecified atom stereocenters. The minimum absolute atomic E-state index is 0.199. The Balaban J connectivity index is 2.32. The Morgan fingerprint density at radius 3 is 3.00 bits per heavy atom. The predicted octanol–water partition coefficient (Wildman–Crippen LogP) is 3.08. The largest absolute Gasteiger partial charge is 0.303 e. The summed E-state index contributed by atoms with van der Waals surface area (Å²) in [4.78, 5) is 15.0. The van der Waals surface area contributed by atoms with Crippen LogP contribution in [0.4, 0.5) is 0 Å². The molecule has 1 aliphatic rings. The van der Waals surface area contributed by atoms with E-state index in [1.807, 2.05) is 12.1 Å². The van der Waals surface area contributed by atoms with E-state index in [0.29, 0.717) is 6.29 Å². The molecule has 0 aromatic carbocycles. The zero-order valence-corrected chi connectivity index (χ0v) is 10.5. The van der Waals surface area contributed by atoms with Gasteiger partial charge in [0.15, 0.2) is 0 Å². The summed E-state index contributed by atoms with van der Waals surface area (Å²) in [5, 5.41) is 0. The Hall–Kier alpha value is -0.480. The molecule has 2 nitrogen and oxygen atoms in total. The van der Waals surface area contributed by atoms with Crippen molar-refractivity contribution >= 4 is 29.8 Å². The third-order valence-corrected chi connectivity index (χ3v) is 5.86. The normalized spacial score (nSPS) is 22.0. The van der Waals surface area contributed by atoms with Crippen LogP contribution in [0.3, 0.4) is 0 Å². The second-order valence-electron chi connectivity index (χ2n) is 3.54. The molecule has 0 amide bonds. The van der Waals surface area contributed by atoms with Crippen LogP contribution in [0.1, 0.15) is 27.5 Å². The van der Waals surface area contributed by atoms with Crippen molar-refractivity contribution in [1.29, 1.82) is 0 Å². The summed E-state index contributed by atoms with van der Waals surface area (Å²) in [6.45, 7) is 0. The lowest BCUT2D eigenvalue weighted by molar-refractivity contribution is -0.107. The fourth-order valence-corrected chi connectivity index (χ4v) is 4.91. The Bertz CT molecular complexity index is 408. The number of carbonyl (C=O) groups is 1. The van der Waals surface area contributed by atoms with Gasteiger partial charge < -0.3 is 4.79 Å². The highest BCUT2D eigenvalue weighted by molar-refractivity contribution is 8.18. The van der Waals surface area contributed by atoms with Crippen LogP contribution in [0.15, 0.2) is 24.5 Å². The minimum atomic E-state index is -1.78. The van der Waals surface area contributed by atoms with Gasteiger partial charge in [-0.2, -0.15) is 0 Å². The summed E-state index contributed by atoms with van der Waals surface area (Å²) >= 11 is 3.46. The van der Waals surface area contributed by atoms with Gasteiger partial charge >= 0.3 is 0 Å². The lowest BCUT2D eigenvalue weighted by Crippen LogP contribution is -2.23. The Morgan fingerprint density at radius 1 is 1.56 bits per heavy atom. The van der Waals surface area contributed by atoms with E-state index in [-0.39, 0.29) is 10.5 Å². The average Bonchev–Trinajstić information content (AvgIpc) is 2.40. The molecule has 4 heteroatoms. The summed E-state index contributed by atoms with van der Waals surface area (Å²) in [6.07, 6.45) is 3.45. The fourth-order valence-electron chi connectivity index (χ4n) is 1.71. The molecule has 1 fully saturated rings. The van der Waals surface area contributed by atoms with Gasteiger partial charge in [0, 0.05) is 21.5 Å². The highest BCUT2D eigenvalue weighted by Crippen LogP contribution is 2.52. The summed E-state index contributed by atoms with van der Waals surface area (Å²) < 4.78 is 15.1. The van der Waals surface area contributed by atoms with Crippen LogP contribution in [-0.2, 0) is 8.87 Å². The van der Waals surface area contributed by atoms with Crippen LogP contribution >= 0.6 is 23.5 Å². The Kier molecular flexibility index (Phi) is 3.42. The average molecular weight is 255 g/mol. The van der Waals surface area contributed by atoms with Crippen molar-refractivity contribution in [3.05, 3.63) is 30.1 Å².